The van der Waals surface area contributed by atoms with Crippen molar-refractivity contribution < 1.29 is 28.6 Å². The number of carboxylic acid groups (broad SMARTS) is 2. The summed E-state index contributed by atoms with van der Waals surface area (Å²) in [6.07, 6.45) is 1.16. The van der Waals surface area contributed by atoms with Crippen molar-refractivity contribution in [1.29, 1.82) is 0 Å². The van der Waals surface area contributed by atoms with Crippen LogP contribution >= 0.6 is 0 Å². The molecular formula is C18H11F2N3O5. The molecule has 1 aromatic carbocycles. The minimum Gasteiger partial charge on any atom is -0.478 e. The molecule has 0 spiro atoms. The van der Waals surface area contributed by atoms with E-state index in [1.165, 1.54) is 12.1 Å². The van der Waals surface area contributed by atoms with E-state index in [9.17, 15) is 33.4 Å². The topological polar surface area (TPSA) is 146 Å². The second-order valence-corrected chi connectivity index (χ2v) is 5.67. The van der Waals surface area contributed by atoms with Crippen LogP contribution in [0.15, 0.2) is 41.3 Å². The number of nitrogen functional groups attached to an aromatic ring is 1. The first kappa shape index (κ1) is 18.7. The first-order valence-electron chi connectivity index (χ1n) is 7.65. The third-order valence-electron chi connectivity index (χ3n) is 3.97. The van der Waals surface area contributed by atoms with Crippen LogP contribution in [-0.4, -0.2) is 32.1 Å². The molecule has 0 aliphatic carbocycles. The number of aromatic carboxylic acids is 2. The van der Waals surface area contributed by atoms with Crippen molar-refractivity contribution in [3.05, 3.63) is 69.8 Å². The monoisotopic (exact) mass is 387 g/mol. The summed E-state index contributed by atoms with van der Waals surface area (Å²) in [4.78, 5) is 40.7. The zero-order valence-corrected chi connectivity index (χ0v) is 13.9. The van der Waals surface area contributed by atoms with E-state index >= 15 is 0 Å². The zero-order valence-electron chi connectivity index (χ0n) is 13.9. The lowest BCUT2D eigenvalue weighted by Gasteiger charge is -2.14. The summed E-state index contributed by atoms with van der Waals surface area (Å²) in [5.41, 5.74) is 2.14. The van der Waals surface area contributed by atoms with Crippen LogP contribution in [-0.2, 0) is 0 Å². The molecule has 0 fully saturated rings. The molecule has 0 unspecified atom stereocenters. The van der Waals surface area contributed by atoms with E-state index in [1.54, 1.807) is 0 Å². The van der Waals surface area contributed by atoms with Gasteiger partial charge in [0.15, 0.2) is 0 Å². The number of carbonyl (C=O) groups is 2. The Morgan fingerprint density at radius 3 is 2.21 bits per heavy atom. The fraction of sp³-hybridized carbons (Fsp3) is 0. The molecule has 0 saturated heterocycles. The van der Waals surface area contributed by atoms with Gasteiger partial charge >= 0.3 is 11.9 Å². The molecule has 0 bridgehead atoms. The Kier molecular flexibility index (Phi) is 4.62. The number of hydrogen-bond acceptors (Lipinski definition) is 5. The summed E-state index contributed by atoms with van der Waals surface area (Å²) in [7, 11) is 0. The van der Waals surface area contributed by atoms with Gasteiger partial charge in [0.2, 0.25) is 5.95 Å². The van der Waals surface area contributed by atoms with Gasteiger partial charge < -0.3 is 20.9 Å². The third-order valence-corrected chi connectivity index (χ3v) is 3.97. The highest BCUT2D eigenvalue weighted by atomic mass is 19.1. The molecule has 0 aliphatic rings. The minimum atomic E-state index is -1.76. The van der Waals surface area contributed by atoms with Gasteiger partial charge in [-0.15, -0.1) is 0 Å². The van der Waals surface area contributed by atoms with Crippen LogP contribution in [0.3, 0.4) is 0 Å². The number of carboxylic acids is 2. The Balaban J connectivity index is 2.39. The van der Waals surface area contributed by atoms with E-state index < -0.39 is 57.3 Å². The van der Waals surface area contributed by atoms with Crippen LogP contribution in [0, 0.1) is 11.8 Å². The second-order valence-electron chi connectivity index (χ2n) is 5.67. The molecule has 0 atom stereocenters. The zero-order chi connectivity index (χ0) is 20.6. The van der Waals surface area contributed by atoms with Crippen molar-refractivity contribution >= 4 is 17.8 Å². The average molecular weight is 387 g/mol. The molecule has 2 aromatic heterocycles. The summed E-state index contributed by atoms with van der Waals surface area (Å²) in [6.45, 7) is 0. The molecule has 3 aromatic rings. The largest absolute Gasteiger partial charge is 0.478 e. The number of aromatic nitrogens is 2. The number of H-pyrrole nitrogens is 1. The molecule has 0 amide bonds. The summed E-state index contributed by atoms with van der Waals surface area (Å²) < 4.78 is 27.6. The number of nitrogens with two attached hydrogens (primary N) is 1. The van der Waals surface area contributed by atoms with Gasteiger partial charge in [-0.2, -0.15) is 4.39 Å². The van der Waals surface area contributed by atoms with Gasteiger partial charge in [0.25, 0.3) is 5.56 Å². The highest BCUT2D eigenvalue weighted by Gasteiger charge is 2.28. The fourth-order valence-electron chi connectivity index (χ4n) is 2.76. The molecule has 5 N–H and O–H groups in total. The van der Waals surface area contributed by atoms with Crippen molar-refractivity contribution in [2.24, 2.45) is 0 Å². The first-order chi connectivity index (χ1) is 13.2. The fourth-order valence-corrected chi connectivity index (χ4v) is 2.76. The summed E-state index contributed by atoms with van der Waals surface area (Å²) in [5, 5.41) is 18.8. The summed E-state index contributed by atoms with van der Waals surface area (Å²) >= 11 is 0. The average Bonchev–Trinajstić information content (AvgIpc) is 2.61. The quantitative estimate of drug-likeness (QED) is 0.503. The van der Waals surface area contributed by atoms with Crippen molar-refractivity contribution in [1.82, 2.24) is 9.97 Å². The molecule has 3 rings (SSSR count). The maximum absolute atomic E-state index is 14.6. The molecule has 0 saturated carbocycles. The van der Waals surface area contributed by atoms with E-state index in [4.69, 9.17) is 5.73 Å². The van der Waals surface area contributed by atoms with Gasteiger partial charge in [0.05, 0.1) is 0 Å². The first-order valence-corrected chi connectivity index (χ1v) is 7.65. The minimum absolute atomic E-state index is 0.287. The van der Waals surface area contributed by atoms with E-state index in [0.29, 0.717) is 5.56 Å². The number of halogens is 2. The van der Waals surface area contributed by atoms with Gasteiger partial charge in [-0.05, 0) is 29.8 Å². The number of benzene rings is 1. The molecule has 2 heterocycles. The maximum Gasteiger partial charge on any atom is 0.342 e. The van der Waals surface area contributed by atoms with Crippen molar-refractivity contribution in [3.8, 4) is 22.3 Å². The normalized spacial score (nSPS) is 10.6. The Bertz CT molecular complexity index is 1170. The van der Waals surface area contributed by atoms with E-state index in [0.717, 1.165) is 24.4 Å². The molecule has 0 aliphatic heterocycles. The molecule has 28 heavy (non-hydrogen) atoms. The van der Waals surface area contributed by atoms with Crippen LogP contribution in [0.25, 0.3) is 22.3 Å². The standard InChI is InChI=1S/C18H11F2N3O5/c19-10-3-1-7(8-2-4-11(20)22-6-8)5-9(10)12-13(17(25)26)15(21)23-16(24)14(12)18(27)28/h1-6H,(H,25,26)(H,27,28)(H3,21,23,24). The highest BCUT2D eigenvalue weighted by Crippen LogP contribution is 2.34. The Morgan fingerprint density at radius 2 is 1.64 bits per heavy atom. The van der Waals surface area contributed by atoms with E-state index in [1.807, 2.05) is 4.98 Å². The highest BCUT2D eigenvalue weighted by molar-refractivity contribution is 6.07. The maximum atomic E-state index is 14.6. The third kappa shape index (κ3) is 3.18. The number of nitrogens with zero attached hydrogens (tertiary/aromatic N) is 1. The lowest BCUT2D eigenvalue weighted by atomic mass is 9.92. The van der Waals surface area contributed by atoms with Gasteiger partial charge in [0, 0.05) is 22.9 Å². The van der Waals surface area contributed by atoms with Crippen LogP contribution in [0.1, 0.15) is 20.7 Å². The number of rotatable bonds is 4. The van der Waals surface area contributed by atoms with Crippen LogP contribution in [0.4, 0.5) is 14.6 Å². The van der Waals surface area contributed by atoms with E-state index in [-0.39, 0.29) is 5.56 Å². The number of nitrogens with one attached hydrogen (secondary N) is 1. The molecular weight excluding hydrogens is 376 g/mol. The van der Waals surface area contributed by atoms with Crippen LogP contribution in [0.2, 0.25) is 0 Å². The summed E-state index contributed by atoms with van der Waals surface area (Å²) in [5.74, 6) is -5.75. The van der Waals surface area contributed by atoms with Crippen molar-refractivity contribution in [3.63, 3.8) is 0 Å². The molecule has 142 valence electrons. The van der Waals surface area contributed by atoms with Crippen LogP contribution < -0.4 is 11.3 Å². The molecule has 10 heteroatoms. The lowest BCUT2D eigenvalue weighted by molar-refractivity contribution is 0.0695. The Labute approximate surface area is 154 Å². The molecule has 0 radical (unpaired) electrons. The number of hydrogen-bond donors (Lipinski definition) is 4. The Hall–Kier alpha value is -4.08. The SMILES string of the molecule is Nc1[nH]c(=O)c(C(=O)O)c(-c2cc(-c3ccc(F)nc3)ccc2F)c1C(=O)O. The number of anilines is 1. The number of pyridine rings is 2. The summed E-state index contributed by atoms with van der Waals surface area (Å²) in [6, 6.07) is 5.82. The smallest absolute Gasteiger partial charge is 0.342 e. The molecule has 8 nitrogen and oxygen atoms in total. The van der Waals surface area contributed by atoms with Gasteiger partial charge in [0.1, 0.15) is 22.8 Å². The predicted molar refractivity (Wildman–Crippen MR) is 94.0 cm³/mol. The lowest BCUT2D eigenvalue weighted by Crippen LogP contribution is -2.24. The van der Waals surface area contributed by atoms with Gasteiger partial charge in [-0.3, -0.25) is 4.79 Å². The van der Waals surface area contributed by atoms with Crippen molar-refractivity contribution in [2.75, 3.05) is 5.73 Å². The van der Waals surface area contributed by atoms with Crippen molar-refractivity contribution in [2.45, 2.75) is 0 Å². The second kappa shape index (κ2) is 6.91. The van der Waals surface area contributed by atoms with Gasteiger partial charge in [-0.25, -0.2) is 19.0 Å². The number of aromatic amines is 1. The van der Waals surface area contributed by atoms with Gasteiger partial charge in [-0.1, -0.05) is 6.07 Å². The Morgan fingerprint density at radius 1 is 1.00 bits per heavy atom. The predicted octanol–water partition coefficient (Wildman–Crippen LogP) is 2.36. The van der Waals surface area contributed by atoms with Crippen LogP contribution in [0.5, 0.6) is 0 Å². The van der Waals surface area contributed by atoms with E-state index in [2.05, 4.69) is 4.98 Å².